The Hall–Kier alpha value is -1.76. The van der Waals surface area contributed by atoms with Crippen LogP contribution < -0.4 is 11.1 Å². The van der Waals surface area contributed by atoms with Crippen LogP contribution in [-0.2, 0) is 17.5 Å². The van der Waals surface area contributed by atoms with Crippen LogP contribution in [0.25, 0.3) is 0 Å². The maximum atomic E-state index is 12.5. The zero-order valence-corrected chi connectivity index (χ0v) is 10.5. The van der Waals surface area contributed by atoms with Gasteiger partial charge < -0.3 is 10.5 Å². The standard InChI is InChI=1S/C12H15F3N2O2/c1-7(2)19-11(18)17-10-4-3-9(12(13,14)15)5-8(10)6-16/h3-5,7H,6,16H2,1-2H3,(H,17,18). The van der Waals surface area contributed by atoms with E-state index < -0.39 is 17.8 Å². The second kappa shape index (κ2) is 5.92. The first-order valence-corrected chi connectivity index (χ1v) is 5.62. The van der Waals surface area contributed by atoms with Crippen molar-refractivity contribution in [2.24, 2.45) is 5.73 Å². The Morgan fingerprint density at radius 2 is 2.05 bits per heavy atom. The van der Waals surface area contributed by atoms with E-state index in [-0.39, 0.29) is 23.9 Å². The highest BCUT2D eigenvalue weighted by molar-refractivity contribution is 5.85. The van der Waals surface area contributed by atoms with Gasteiger partial charge >= 0.3 is 12.3 Å². The second-order valence-electron chi connectivity index (χ2n) is 4.15. The molecule has 0 radical (unpaired) electrons. The number of rotatable bonds is 3. The Kier molecular flexibility index (Phi) is 4.77. The van der Waals surface area contributed by atoms with Crippen LogP contribution in [0.15, 0.2) is 18.2 Å². The van der Waals surface area contributed by atoms with Gasteiger partial charge in [0.1, 0.15) is 0 Å². The van der Waals surface area contributed by atoms with Crippen molar-refractivity contribution in [3.63, 3.8) is 0 Å². The Labute approximate surface area is 108 Å². The summed E-state index contributed by atoms with van der Waals surface area (Å²) in [5.41, 5.74) is 4.97. The number of amides is 1. The molecule has 106 valence electrons. The quantitative estimate of drug-likeness (QED) is 0.891. The highest BCUT2D eigenvalue weighted by Crippen LogP contribution is 2.31. The maximum absolute atomic E-state index is 12.5. The minimum atomic E-state index is -4.44. The van der Waals surface area contributed by atoms with Gasteiger partial charge in [-0.15, -0.1) is 0 Å². The van der Waals surface area contributed by atoms with Crippen molar-refractivity contribution in [3.05, 3.63) is 29.3 Å². The number of hydrogen-bond acceptors (Lipinski definition) is 3. The molecule has 1 amide bonds. The Balaban J connectivity index is 2.94. The number of nitrogens with one attached hydrogen (secondary N) is 1. The molecule has 0 saturated heterocycles. The number of alkyl halides is 3. The molecule has 0 fully saturated rings. The van der Waals surface area contributed by atoms with Crippen molar-refractivity contribution in [1.82, 2.24) is 0 Å². The van der Waals surface area contributed by atoms with Crippen LogP contribution in [0.1, 0.15) is 25.0 Å². The fourth-order valence-electron chi connectivity index (χ4n) is 1.41. The average Bonchev–Trinajstić information content (AvgIpc) is 2.26. The number of anilines is 1. The van der Waals surface area contributed by atoms with Gasteiger partial charge in [-0.1, -0.05) is 0 Å². The second-order valence-corrected chi connectivity index (χ2v) is 4.15. The van der Waals surface area contributed by atoms with Crippen molar-refractivity contribution in [2.75, 3.05) is 5.32 Å². The van der Waals surface area contributed by atoms with E-state index in [9.17, 15) is 18.0 Å². The monoisotopic (exact) mass is 276 g/mol. The van der Waals surface area contributed by atoms with Crippen molar-refractivity contribution in [3.8, 4) is 0 Å². The lowest BCUT2D eigenvalue weighted by Crippen LogP contribution is -2.19. The molecule has 0 aliphatic heterocycles. The molecule has 7 heteroatoms. The van der Waals surface area contributed by atoms with Gasteiger partial charge in [-0.3, -0.25) is 5.32 Å². The third-order valence-electron chi connectivity index (χ3n) is 2.23. The molecule has 0 saturated carbocycles. The van der Waals surface area contributed by atoms with E-state index in [1.807, 2.05) is 0 Å². The molecule has 1 aromatic rings. The number of benzene rings is 1. The number of ether oxygens (including phenoxy) is 1. The van der Waals surface area contributed by atoms with Crippen LogP contribution in [0.4, 0.5) is 23.7 Å². The molecule has 1 rings (SSSR count). The van der Waals surface area contributed by atoms with Gasteiger partial charge in [0.05, 0.1) is 11.7 Å². The molecule has 0 heterocycles. The van der Waals surface area contributed by atoms with E-state index in [4.69, 9.17) is 10.5 Å². The summed E-state index contributed by atoms with van der Waals surface area (Å²) in [5, 5.41) is 2.36. The Bertz CT molecular complexity index is 459. The summed E-state index contributed by atoms with van der Waals surface area (Å²) in [7, 11) is 0. The third-order valence-corrected chi connectivity index (χ3v) is 2.23. The predicted octanol–water partition coefficient (Wildman–Crippen LogP) is 3.12. The van der Waals surface area contributed by atoms with Crippen molar-refractivity contribution in [1.29, 1.82) is 0 Å². The molecule has 19 heavy (non-hydrogen) atoms. The summed E-state index contributed by atoms with van der Waals surface area (Å²) in [6, 6.07) is 2.95. The van der Waals surface area contributed by atoms with E-state index in [1.54, 1.807) is 13.8 Å². The largest absolute Gasteiger partial charge is 0.447 e. The van der Waals surface area contributed by atoms with Gasteiger partial charge in [0, 0.05) is 12.2 Å². The normalized spacial score (nSPS) is 11.5. The summed E-state index contributed by atoms with van der Waals surface area (Å²) in [5.74, 6) is 0. The zero-order chi connectivity index (χ0) is 14.6. The smallest absolute Gasteiger partial charge is 0.416 e. The van der Waals surface area contributed by atoms with E-state index in [2.05, 4.69) is 5.32 Å². The van der Waals surface area contributed by atoms with E-state index >= 15 is 0 Å². The van der Waals surface area contributed by atoms with Crippen LogP contribution >= 0.6 is 0 Å². The van der Waals surface area contributed by atoms with Crippen LogP contribution in [0.3, 0.4) is 0 Å². The molecular formula is C12H15F3N2O2. The van der Waals surface area contributed by atoms with Crippen LogP contribution in [0.2, 0.25) is 0 Å². The molecule has 0 aromatic heterocycles. The van der Waals surface area contributed by atoms with Crippen molar-refractivity contribution >= 4 is 11.8 Å². The number of halogens is 3. The number of carbonyl (C=O) groups is 1. The molecule has 4 nitrogen and oxygen atoms in total. The topological polar surface area (TPSA) is 64.3 Å². The van der Waals surface area contributed by atoms with Gasteiger partial charge in [0.25, 0.3) is 0 Å². The minimum absolute atomic E-state index is 0.124. The molecule has 0 spiro atoms. The summed E-state index contributed by atoms with van der Waals surface area (Å²) < 4.78 is 42.4. The first-order valence-electron chi connectivity index (χ1n) is 5.62. The SMILES string of the molecule is CC(C)OC(=O)Nc1ccc(C(F)(F)F)cc1CN. The lowest BCUT2D eigenvalue weighted by Gasteiger charge is -2.14. The molecule has 0 aliphatic carbocycles. The highest BCUT2D eigenvalue weighted by atomic mass is 19.4. The van der Waals surface area contributed by atoms with Crippen LogP contribution in [0.5, 0.6) is 0 Å². The van der Waals surface area contributed by atoms with Gasteiger partial charge in [-0.25, -0.2) is 4.79 Å². The summed E-state index contributed by atoms with van der Waals surface area (Å²) in [6.45, 7) is 3.20. The number of carbonyl (C=O) groups excluding carboxylic acids is 1. The van der Waals surface area contributed by atoms with E-state index in [0.717, 1.165) is 18.2 Å². The zero-order valence-electron chi connectivity index (χ0n) is 10.5. The Morgan fingerprint density at radius 1 is 1.42 bits per heavy atom. The fourth-order valence-corrected chi connectivity index (χ4v) is 1.41. The summed E-state index contributed by atoms with van der Waals surface area (Å²) >= 11 is 0. The summed E-state index contributed by atoms with van der Waals surface area (Å²) in [6.07, 6.45) is -5.50. The van der Waals surface area contributed by atoms with Crippen molar-refractivity contribution in [2.45, 2.75) is 32.7 Å². The lowest BCUT2D eigenvalue weighted by atomic mass is 10.1. The lowest BCUT2D eigenvalue weighted by molar-refractivity contribution is -0.137. The van der Waals surface area contributed by atoms with Gasteiger partial charge in [0.2, 0.25) is 0 Å². The number of hydrogen-bond donors (Lipinski definition) is 2. The molecule has 0 bridgehead atoms. The molecule has 0 unspecified atom stereocenters. The molecule has 0 aliphatic rings. The first kappa shape index (κ1) is 15.3. The van der Waals surface area contributed by atoms with Gasteiger partial charge in [0.15, 0.2) is 0 Å². The Morgan fingerprint density at radius 3 is 2.53 bits per heavy atom. The first-order chi connectivity index (χ1) is 8.74. The number of nitrogens with two attached hydrogens (primary N) is 1. The van der Waals surface area contributed by atoms with E-state index in [1.165, 1.54) is 0 Å². The maximum Gasteiger partial charge on any atom is 0.416 e. The average molecular weight is 276 g/mol. The predicted molar refractivity (Wildman–Crippen MR) is 64.6 cm³/mol. The van der Waals surface area contributed by atoms with Gasteiger partial charge in [-0.2, -0.15) is 13.2 Å². The van der Waals surface area contributed by atoms with Crippen molar-refractivity contribution < 1.29 is 22.7 Å². The molecular weight excluding hydrogens is 261 g/mol. The van der Waals surface area contributed by atoms with Crippen LogP contribution in [0, 0.1) is 0 Å². The van der Waals surface area contributed by atoms with E-state index in [0.29, 0.717) is 0 Å². The summed E-state index contributed by atoms with van der Waals surface area (Å²) in [4.78, 5) is 11.4. The molecule has 3 N–H and O–H groups in total. The molecule has 0 atom stereocenters. The minimum Gasteiger partial charge on any atom is -0.447 e. The third kappa shape index (κ3) is 4.44. The fraction of sp³-hybridized carbons (Fsp3) is 0.417. The van der Waals surface area contributed by atoms with Crippen LogP contribution in [-0.4, -0.2) is 12.2 Å². The van der Waals surface area contributed by atoms with Gasteiger partial charge in [-0.05, 0) is 37.6 Å². The molecule has 1 aromatic carbocycles. The highest BCUT2D eigenvalue weighted by Gasteiger charge is 2.31.